The third-order valence-electron chi connectivity index (χ3n) is 4.87. The van der Waals surface area contributed by atoms with E-state index in [1.54, 1.807) is 44.2 Å². The Hall–Kier alpha value is -3.37. The van der Waals surface area contributed by atoms with Gasteiger partial charge in [0.15, 0.2) is 5.82 Å². The fourth-order valence-electron chi connectivity index (χ4n) is 3.18. The van der Waals surface area contributed by atoms with Crippen molar-refractivity contribution in [2.75, 3.05) is 0 Å². The van der Waals surface area contributed by atoms with E-state index in [9.17, 15) is 13.2 Å². The highest BCUT2D eigenvalue weighted by Gasteiger charge is 2.23. The number of benzene rings is 2. The molecule has 2 heterocycles. The second-order valence-corrected chi connectivity index (χ2v) is 8.99. The van der Waals surface area contributed by atoms with Crippen LogP contribution in [0.4, 0.5) is 0 Å². The first-order valence-electron chi connectivity index (χ1n) is 9.62. The summed E-state index contributed by atoms with van der Waals surface area (Å²) in [7, 11) is -3.75. The van der Waals surface area contributed by atoms with Gasteiger partial charge in [0.1, 0.15) is 5.82 Å². The molecule has 0 saturated heterocycles. The normalized spacial score (nSPS) is 12.9. The highest BCUT2D eigenvalue weighted by Crippen LogP contribution is 2.17. The molecule has 0 radical (unpaired) electrons. The molecular formula is C21H21N5O4S. The van der Waals surface area contributed by atoms with Gasteiger partial charge in [-0.05, 0) is 45.0 Å². The first-order valence-corrected chi connectivity index (χ1v) is 11.1. The molecule has 2 aromatic heterocycles. The molecule has 0 fully saturated rings. The van der Waals surface area contributed by atoms with E-state index >= 15 is 0 Å². The molecule has 9 nitrogen and oxygen atoms in total. The van der Waals surface area contributed by atoms with Crippen LogP contribution >= 0.6 is 0 Å². The maximum atomic E-state index is 12.8. The predicted molar refractivity (Wildman–Crippen MR) is 114 cm³/mol. The van der Waals surface area contributed by atoms with E-state index in [0.29, 0.717) is 16.7 Å². The van der Waals surface area contributed by atoms with Crippen molar-refractivity contribution in [2.45, 2.75) is 38.3 Å². The first kappa shape index (κ1) is 20.9. The van der Waals surface area contributed by atoms with Crippen molar-refractivity contribution in [3.63, 3.8) is 0 Å². The minimum atomic E-state index is -3.75. The van der Waals surface area contributed by atoms with E-state index in [2.05, 4.69) is 19.8 Å². The number of nitrogens with one attached hydrogen (secondary N) is 1. The highest BCUT2D eigenvalue weighted by atomic mass is 32.2. The molecule has 0 aliphatic rings. The molecule has 0 bridgehead atoms. The Bertz CT molecular complexity index is 1410. The molecule has 0 saturated carbocycles. The number of hydrogen-bond donors (Lipinski definition) is 1. The quantitative estimate of drug-likeness (QED) is 0.490. The monoisotopic (exact) mass is 439 g/mol. The predicted octanol–water partition coefficient (Wildman–Crippen LogP) is 2.48. The van der Waals surface area contributed by atoms with Gasteiger partial charge >= 0.3 is 0 Å². The summed E-state index contributed by atoms with van der Waals surface area (Å²) in [5.41, 5.74) is 1.37. The van der Waals surface area contributed by atoms with Gasteiger partial charge in [0, 0.05) is 0 Å². The number of sulfonamides is 1. The van der Waals surface area contributed by atoms with Crippen molar-refractivity contribution >= 4 is 20.9 Å². The van der Waals surface area contributed by atoms with Crippen LogP contribution in [0, 0.1) is 13.8 Å². The largest absolute Gasteiger partial charge is 0.338 e. The molecular weight excluding hydrogens is 418 g/mol. The van der Waals surface area contributed by atoms with Crippen LogP contribution in [0.5, 0.6) is 0 Å². The van der Waals surface area contributed by atoms with Crippen LogP contribution in [-0.2, 0) is 16.6 Å². The van der Waals surface area contributed by atoms with Gasteiger partial charge in [-0.3, -0.25) is 9.36 Å². The lowest BCUT2D eigenvalue weighted by Crippen LogP contribution is -2.27. The van der Waals surface area contributed by atoms with Gasteiger partial charge in [0.2, 0.25) is 15.9 Å². The molecule has 10 heteroatoms. The summed E-state index contributed by atoms with van der Waals surface area (Å²) < 4.78 is 34.4. The zero-order valence-corrected chi connectivity index (χ0v) is 18.0. The van der Waals surface area contributed by atoms with Gasteiger partial charge in [-0.15, -0.1) is 0 Å². The van der Waals surface area contributed by atoms with E-state index in [0.717, 1.165) is 5.56 Å². The van der Waals surface area contributed by atoms with Gasteiger partial charge in [-0.2, -0.15) is 9.71 Å². The first-order chi connectivity index (χ1) is 14.7. The number of rotatable bonds is 6. The van der Waals surface area contributed by atoms with Crippen LogP contribution in [0.25, 0.3) is 10.9 Å². The number of hydrogen-bond acceptors (Lipinski definition) is 7. The molecule has 1 N–H and O–H groups in total. The Morgan fingerprint density at radius 1 is 1.06 bits per heavy atom. The zero-order chi connectivity index (χ0) is 22.2. The van der Waals surface area contributed by atoms with Crippen molar-refractivity contribution in [1.82, 2.24) is 24.4 Å². The van der Waals surface area contributed by atoms with Crippen molar-refractivity contribution in [3.8, 4) is 0 Å². The Morgan fingerprint density at radius 2 is 1.77 bits per heavy atom. The lowest BCUT2D eigenvalue weighted by molar-refractivity contribution is 0.348. The van der Waals surface area contributed by atoms with Crippen molar-refractivity contribution in [3.05, 3.63) is 82.0 Å². The van der Waals surface area contributed by atoms with Gasteiger partial charge in [-0.1, -0.05) is 35.0 Å². The third-order valence-corrected chi connectivity index (χ3v) is 6.43. The number of aryl methyl sites for hydroxylation is 2. The minimum Gasteiger partial charge on any atom is -0.338 e. The Balaban J connectivity index is 1.55. The summed E-state index contributed by atoms with van der Waals surface area (Å²) >= 11 is 0. The topological polar surface area (TPSA) is 120 Å². The van der Waals surface area contributed by atoms with Crippen molar-refractivity contribution in [2.24, 2.45) is 0 Å². The smallest absolute Gasteiger partial charge is 0.261 e. The summed E-state index contributed by atoms with van der Waals surface area (Å²) in [5.74, 6) is 0.868. The zero-order valence-electron chi connectivity index (χ0n) is 17.2. The SMILES string of the molecule is Cc1ccc(S(=O)(=O)NC(C)c2nc(Cn3c(C)nc4ccccc4c3=O)no2)cc1. The maximum Gasteiger partial charge on any atom is 0.261 e. The highest BCUT2D eigenvalue weighted by molar-refractivity contribution is 7.89. The summed E-state index contributed by atoms with van der Waals surface area (Å²) in [6.45, 7) is 5.28. The van der Waals surface area contributed by atoms with Crippen molar-refractivity contribution in [1.29, 1.82) is 0 Å². The van der Waals surface area contributed by atoms with Gasteiger partial charge < -0.3 is 4.52 Å². The number of nitrogens with zero attached hydrogens (tertiary/aromatic N) is 4. The minimum absolute atomic E-state index is 0.0590. The molecule has 0 amide bonds. The second-order valence-electron chi connectivity index (χ2n) is 7.27. The maximum absolute atomic E-state index is 12.8. The molecule has 160 valence electrons. The lowest BCUT2D eigenvalue weighted by atomic mass is 10.2. The molecule has 1 unspecified atom stereocenters. The van der Waals surface area contributed by atoms with E-state index in [1.807, 2.05) is 13.0 Å². The number of para-hydroxylation sites is 1. The van der Waals surface area contributed by atoms with E-state index in [4.69, 9.17) is 4.52 Å². The second kappa shape index (κ2) is 8.05. The number of aromatic nitrogens is 4. The Labute approximate surface area is 178 Å². The molecule has 31 heavy (non-hydrogen) atoms. The fourth-order valence-corrected chi connectivity index (χ4v) is 4.38. The average Bonchev–Trinajstić information content (AvgIpc) is 3.20. The summed E-state index contributed by atoms with van der Waals surface area (Å²) in [6.07, 6.45) is 0. The van der Waals surface area contributed by atoms with Gasteiger partial charge in [0.25, 0.3) is 5.56 Å². The van der Waals surface area contributed by atoms with Crippen LogP contribution < -0.4 is 10.3 Å². The standard InChI is InChI=1S/C21H21N5O4S/c1-13-8-10-16(11-9-13)31(28,29)25-14(2)20-23-19(24-30-20)12-26-15(3)22-18-7-5-4-6-17(18)21(26)27/h4-11,14,25H,12H2,1-3H3. The molecule has 0 aliphatic heterocycles. The Morgan fingerprint density at radius 3 is 2.52 bits per heavy atom. The number of fused-ring (bicyclic) bond motifs is 1. The molecule has 0 spiro atoms. The summed E-state index contributed by atoms with van der Waals surface area (Å²) in [4.78, 5) is 21.7. The van der Waals surface area contributed by atoms with E-state index < -0.39 is 16.1 Å². The van der Waals surface area contributed by atoms with Crippen LogP contribution in [0.2, 0.25) is 0 Å². The summed E-state index contributed by atoms with van der Waals surface area (Å²) in [5, 5.41) is 4.40. The van der Waals surface area contributed by atoms with Crippen LogP contribution in [0.15, 0.2) is 62.7 Å². The average molecular weight is 439 g/mol. The summed E-state index contributed by atoms with van der Waals surface area (Å²) in [6, 6.07) is 12.9. The van der Waals surface area contributed by atoms with Gasteiger partial charge in [-0.25, -0.2) is 13.4 Å². The van der Waals surface area contributed by atoms with Gasteiger partial charge in [0.05, 0.1) is 28.4 Å². The molecule has 2 aromatic carbocycles. The Kier molecular flexibility index (Phi) is 5.42. The lowest BCUT2D eigenvalue weighted by Gasteiger charge is -2.10. The van der Waals surface area contributed by atoms with Crippen LogP contribution in [0.1, 0.15) is 36.1 Å². The van der Waals surface area contributed by atoms with Crippen LogP contribution in [-0.4, -0.2) is 28.1 Å². The molecule has 4 rings (SSSR count). The van der Waals surface area contributed by atoms with E-state index in [-0.39, 0.29) is 28.7 Å². The molecule has 4 aromatic rings. The van der Waals surface area contributed by atoms with E-state index in [1.165, 1.54) is 16.7 Å². The third kappa shape index (κ3) is 4.25. The molecule has 1 atom stereocenters. The van der Waals surface area contributed by atoms with Crippen LogP contribution in [0.3, 0.4) is 0 Å². The molecule has 0 aliphatic carbocycles. The van der Waals surface area contributed by atoms with Crippen molar-refractivity contribution < 1.29 is 12.9 Å². The fraction of sp³-hybridized carbons (Fsp3) is 0.238.